The Labute approximate surface area is 193 Å². The third-order valence-electron chi connectivity index (χ3n) is 5.34. The number of rotatable bonds is 5. The summed E-state index contributed by atoms with van der Waals surface area (Å²) in [6.45, 7) is 0. The number of nitro benzene ring substituents is 1. The first-order chi connectivity index (χ1) is 16.0. The van der Waals surface area contributed by atoms with Crippen LogP contribution in [0.15, 0.2) is 101 Å². The zero-order valence-corrected chi connectivity index (χ0v) is 18.0. The number of hydrogen-bond donors (Lipinski definition) is 1. The molecule has 0 heterocycles. The Balaban J connectivity index is 1.57. The Morgan fingerprint density at radius 3 is 2.15 bits per heavy atom. The summed E-state index contributed by atoms with van der Waals surface area (Å²) in [6, 6.07) is 26.0. The van der Waals surface area contributed by atoms with Gasteiger partial charge in [0.1, 0.15) is 0 Å². The number of nitrogens with zero attached hydrogens (tertiary/aromatic N) is 1. The minimum Gasteiger partial charge on any atom is -0.355 e. The molecule has 0 saturated heterocycles. The van der Waals surface area contributed by atoms with Gasteiger partial charge in [0.15, 0.2) is 11.6 Å². The van der Waals surface area contributed by atoms with Gasteiger partial charge in [-0.15, -0.1) is 0 Å². The Bertz CT molecular complexity index is 1430. The lowest BCUT2D eigenvalue weighted by atomic mass is 9.83. The zero-order chi connectivity index (χ0) is 22.9. The van der Waals surface area contributed by atoms with E-state index in [1.807, 2.05) is 36.4 Å². The van der Waals surface area contributed by atoms with Gasteiger partial charge >= 0.3 is 0 Å². The summed E-state index contributed by atoms with van der Waals surface area (Å²) in [4.78, 5) is 39.4. The number of fused-ring (bicyclic) bond motifs is 2. The molecular formula is C26H16N2O4S. The molecule has 1 N–H and O–H groups in total. The molecule has 160 valence electrons. The van der Waals surface area contributed by atoms with Crippen molar-refractivity contribution >= 4 is 40.4 Å². The molecule has 0 unspecified atom stereocenters. The first-order valence-corrected chi connectivity index (χ1v) is 10.9. The lowest BCUT2D eigenvalue weighted by Crippen LogP contribution is -2.23. The van der Waals surface area contributed by atoms with Crippen molar-refractivity contribution in [2.75, 3.05) is 5.32 Å². The average Bonchev–Trinajstić information content (AvgIpc) is 2.83. The predicted molar refractivity (Wildman–Crippen MR) is 127 cm³/mol. The van der Waals surface area contributed by atoms with E-state index in [4.69, 9.17) is 0 Å². The number of nitrogens with one attached hydrogen (secondary N) is 1. The summed E-state index contributed by atoms with van der Waals surface area (Å²) < 4.78 is 0. The highest BCUT2D eigenvalue weighted by Gasteiger charge is 2.33. The quantitative estimate of drug-likeness (QED) is 0.250. The topological polar surface area (TPSA) is 89.3 Å². The van der Waals surface area contributed by atoms with E-state index in [9.17, 15) is 19.7 Å². The van der Waals surface area contributed by atoms with E-state index in [1.54, 1.807) is 42.5 Å². The fourth-order valence-corrected chi connectivity index (χ4v) is 4.87. The highest BCUT2D eigenvalue weighted by molar-refractivity contribution is 7.99. The van der Waals surface area contributed by atoms with E-state index in [0.717, 1.165) is 9.79 Å². The second-order valence-electron chi connectivity index (χ2n) is 7.41. The molecule has 0 atom stereocenters. The van der Waals surface area contributed by atoms with E-state index >= 15 is 0 Å². The average molecular weight is 452 g/mol. The van der Waals surface area contributed by atoms with Crippen LogP contribution in [0.4, 0.5) is 17.1 Å². The van der Waals surface area contributed by atoms with Gasteiger partial charge in [0, 0.05) is 44.3 Å². The highest BCUT2D eigenvalue weighted by atomic mass is 32.2. The van der Waals surface area contributed by atoms with Crippen LogP contribution >= 0.6 is 11.8 Å². The van der Waals surface area contributed by atoms with E-state index in [-0.39, 0.29) is 22.8 Å². The molecular weight excluding hydrogens is 436 g/mol. The number of hydrogen-bond acceptors (Lipinski definition) is 6. The Kier molecular flexibility index (Phi) is 5.24. The molecule has 1 aliphatic carbocycles. The summed E-state index contributed by atoms with van der Waals surface area (Å²) in [5.74, 6) is -0.482. The summed E-state index contributed by atoms with van der Waals surface area (Å²) >= 11 is 1.44. The van der Waals surface area contributed by atoms with Crippen LogP contribution in [0.1, 0.15) is 31.8 Å². The van der Waals surface area contributed by atoms with Gasteiger partial charge in [-0.2, -0.15) is 0 Å². The van der Waals surface area contributed by atoms with Crippen molar-refractivity contribution in [2.24, 2.45) is 0 Å². The molecule has 7 heteroatoms. The summed E-state index contributed by atoms with van der Waals surface area (Å²) in [5.41, 5.74) is 2.14. The zero-order valence-electron chi connectivity index (χ0n) is 17.1. The van der Waals surface area contributed by atoms with Gasteiger partial charge in [0.2, 0.25) is 0 Å². The van der Waals surface area contributed by atoms with Gasteiger partial charge in [-0.1, -0.05) is 60.3 Å². The molecule has 0 saturated carbocycles. The second-order valence-corrected chi connectivity index (χ2v) is 8.53. The van der Waals surface area contributed by atoms with Crippen LogP contribution in [0.25, 0.3) is 0 Å². The van der Waals surface area contributed by atoms with Crippen molar-refractivity contribution in [1.29, 1.82) is 0 Å². The summed E-state index contributed by atoms with van der Waals surface area (Å²) in [5, 5.41) is 14.2. The minimum absolute atomic E-state index is 0.0693. The van der Waals surface area contributed by atoms with E-state index in [0.29, 0.717) is 28.1 Å². The first-order valence-electron chi connectivity index (χ1n) is 10.1. The molecule has 0 radical (unpaired) electrons. The number of benzene rings is 4. The predicted octanol–water partition coefficient (Wildman–Crippen LogP) is 6.27. The molecule has 0 amide bonds. The molecule has 0 aliphatic heterocycles. The number of carbonyl (C=O) groups is 2. The maximum Gasteiger partial charge on any atom is 0.271 e. The van der Waals surface area contributed by atoms with E-state index < -0.39 is 4.92 Å². The molecule has 5 rings (SSSR count). The highest BCUT2D eigenvalue weighted by Crippen LogP contribution is 2.39. The number of ketones is 2. The van der Waals surface area contributed by atoms with Gasteiger partial charge in [-0.3, -0.25) is 19.7 Å². The van der Waals surface area contributed by atoms with Crippen molar-refractivity contribution in [1.82, 2.24) is 0 Å². The smallest absolute Gasteiger partial charge is 0.271 e. The third kappa shape index (κ3) is 3.79. The molecule has 0 bridgehead atoms. The second kappa shape index (κ2) is 8.37. The summed E-state index contributed by atoms with van der Waals surface area (Å²) in [6.07, 6.45) is 0. The van der Waals surface area contributed by atoms with Gasteiger partial charge < -0.3 is 5.32 Å². The van der Waals surface area contributed by atoms with Gasteiger partial charge in [0.05, 0.1) is 16.2 Å². The normalized spacial score (nSPS) is 12.1. The Morgan fingerprint density at radius 1 is 0.727 bits per heavy atom. The van der Waals surface area contributed by atoms with Crippen LogP contribution in [-0.2, 0) is 0 Å². The fourth-order valence-electron chi connectivity index (χ4n) is 3.87. The number of carbonyl (C=O) groups excluding carboxylic acids is 2. The Morgan fingerprint density at radius 2 is 1.39 bits per heavy atom. The SMILES string of the molecule is O=C1c2cccc(Sc3ccccc3)c2C(=O)c2cccc(Nc3cccc([N+](=O)[O-])c3)c21. The van der Waals surface area contributed by atoms with Crippen LogP contribution < -0.4 is 5.32 Å². The molecule has 0 aromatic heterocycles. The summed E-state index contributed by atoms with van der Waals surface area (Å²) in [7, 11) is 0. The van der Waals surface area contributed by atoms with Crippen LogP contribution in [0.5, 0.6) is 0 Å². The first kappa shape index (κ1) is 20.7. The van der Waals surface area contributed by atoms with Crippen molar-refractivity contribution in [3.05, 3.63) is 123 Å². The lowest BCUT2D eigenvalue weighted by Gasteiger charge is -2.22. The minimum atomic E-state index is -0.484. The van der Waals surface area contributed by atoms with Gasteiger partial charge in [0.25, 0.3) is 5.69 Å². The van der Waals surface area contributed by atoms with Crippen molar-refractivity contribution in [3.8, 4) is 0 Å². The van der Waals surface area contributed by atoms with Crippen LogP contribution in [0, 0.1) is 10.1 Å². The van der Waals surface area contributed by atoms with Crippen molar-refractivity contribution < 1.29 is 14.5 Å². The van der Waals surface area contributed by atoms with E-state index in [2.05, 4.69) is 5.32 Å². The third-order valence-corrected chi connectivity index (χ3v) is 6.41. The van der Waals surface area contributed by atoms with Gasteiger partial charge in [-0.05, 0) is 30.3 Å². The molecule has 4 aromatic carbocycles. The molecule has 6 nitrogen and oxygen atoms in total. The molecule has 0 fully saturated rings. The van der Waals surface area contributed by atoms with Gasteiger partial charge in [-0.25, -0.2) is 0 Å². The monoisotopic (exact) mass is 452 g/mol. The maximum absolute atomic E-state index is 13.5. The number of anilines is 2. The number of nitro groups is 1. The number of non-ortho nitro benzene ring substituents is 1. The Hall–Kier alpha value is -4.23. The van der Waals surface area contributed by atoms with Crippen LogP contribution in [-0.4, -0.2) is 16.5 Å². The molecule has 0 spiro atoms. The molecule has 33 heavy (non-hydrogen) atoms. The van der Waals surface area contributed by atoms with Crippen LogP contribution in [0.3, 0.4) is 0 Å². The fraction of sp³-hybridized carbons (Fsp3) is 0. The largest absolute Gasteiger partial charge is 0.355 e. The van der Waals surface area contributed by atoms with Crippen molar-refractivity contribution in [3.63, 3.8) is 0 Å². The van der Waals surface area contributed by atoms with Crippen LogP contribution in [0.2, 0.25) is 0 Å². The molecule has 1 aliphatic rings. The standard InChI is InChI=1S/C26H16N2O4S/c29-25-20-12-6-14-22(33-18-9-2-1-3-10-18)24(20)26(30)19-11-5-13-21(23(19)25)27-16-7-4-8-17(15-16)28(31)32/h1-15,27H. The lowest BCUT2D eigenvalue weighted by molar-refractivity contribution is -0.384. The van der Waals surface area contributed by atoms with Crippen molar-refractivity contribution in [2.45, 2.75) is 9.79 Å². The molecule has 4 aromatic rings. The maximum atomic E-state index is 13.5. The van der Waals surface area contributed by atoms with E-state index in [1.165, 1.54) is 23.9 Å².